The Morgan fingerprint density at radius 3 is 2.67 bits per heavy atom. The molecule has 0 atom stereocenters. The lowest BCUT2D eigenvalue weighted by molar-refractivity contribution is -0.385. The first-order valence-electron chi connectivity index (χ1n) is 8.64. The van der Waals surface area contributed by atoms with E-state index >= 15 is 0 Å². The third-order valence-electron chi connectivity index (χ3n) is 4.48. The average Bonchev–Trinajstić information content (AvgIpc) is 2.88. The van der Waals surface area contributed by atoms with Gasteiger partial charge < -0.3 is 9.88 Å². The SMILES string of the molecule is CCCn1c(C)cc(C=C(C#N)C(=O)Nc2cccc([N+](=O)[O-])c2C)c1C. The van der Waals surface area contributed by atoms with Crippen LogP contribution in [0.4, 0.5) is 11.4 Å². The van der Waals surface area contributed by atoms with E-state index in [9.17, 15) is 20.2 Å². The summed E-state index contributed by atoms with van der Waals surface area (Å²) in [5.74, 6) is -0.596. The van der Waals surface area contributed by atoms with Gasteiger partial charge in [0.2, 0.25) is 0 Å². The standard InChI is InChI=1S/C20H22N4O3/c1-5-9-23-13(2)10-16(15(23)4)11-17(12-21)20(25)22-18-7-6-8-19(14(18)3)24(26)27/h6-8,10-11H,5,9H2,1-4H3,(H,22,25). The number of benzene rings is 1. The molecule has 140 valence electrons. The molecule has 7 nitrogen and oxygen atoms in total. The number of hydrogen-bond acceptors (Lipinski definition) is 4. The van der Waals surface area contributed by atoms with Crippen LogP contribution in [0, 0.1) is 42.2 Å². The Labute approximate surface area is 158 Å². The second kappa shape index (κ2) is 8.32. The molecule has 0 saturated carbocycles. The number of amides is 1. The maximum Gasteiger partial charge on any atom is 0.274 e. The number of aromatic nitrogens is 1. The Bertz CT molecular complexity index is 964. The lowest BCUT2D eigenvalue weighted by atomic mass is 10.1. The summed E-state index contributed by atoms with van der Waals surface area (Å²) < 4.78 is 2.14. The Hall–Kier alpha value is -3.40. The van der Waals surface area contributed by atoms with Gasteiger partial charge in [0.25, 0.3) is 11.6 Å². The van der Waals surface area contributed by atoms with Gasteiger partial charge in [-0.15, -0.1) is 0 Å². The fourth-order valence-corrected chi connectivity index (χ4v) is 2.99. The quantitative estimate of drug-likeness (QED) is 0.357. The highest BCUT2D eigenvalue weighted by molar-refractivity contribution is 6.10. The zero-order chi connectivity index (χ0) is 20.1. The molecule has 0 spiro atoms. The van der Waals surface area contributed by atoms with E-state index in [2.05, 4.69) is 16.8 Å². The van der Waals surface area contributed by atoms with Gasteiger partial charge in [-0.2, -0.15) is 5.26 Å². The summed E-state index contributed by atoms with van der Waals surface area (Å²) in [7, 11) is 0. The predicted octanol–water partition coefficient (Wildman–Crippen LogP) is 4.28. The van der Waals surface area contributed by atoms with Gasteiger partial charge in [-0.05, 0) is 51.0 Å². The van der Waals surface area contributed by atoms with Crippen molar-refractivity contribution in [1.82, 2.24) is 4.57 Å². The van der Waals surface area contributed by atoms with Gasteiger partial charge in [0.15, 0.2) is 0 Å². The summed E-state index contributed by atoms with van der Waals surface area (Å²) in [6.45, 7) is 8.45. The molecule has 0 aliphatic heterocycles. The first-order chi connectivity index (χ1) is 12.8. The van der Waals surface area contributed by atoms with Gasteiger partial charge in [0.1, 0.15) is 11.6 Å². The smallest absolute Gasteiger partial charge is 0.274 e. The number of nitro benzene ring substituents is 1. The maximum absolute atomic E-state index is 12.5. The minimum absolute atomic E-state index is 0.0577. The molecule has 7 heteroatoms. The third kappa shape index (κ3) is 4.23. The monoisotopic (exact) mass is 366 g/mol. The van der Waals surface area contributed by atoms with Crippen molar-refractivity contribution in [2.24, 2.45) is 0 Å². The number of carbonyl (C=O) groups is 1. The van der Waals surface area contributed by atoms with Crippen LogP contribution in [0.3, 0.4) is 0 Å². The molecule has 0 fully saturated rings. The Balaban J connectivity index is 2.34. The number of nitrogens with zero attached hydrogens (tertiary/aromatic N) is 3. The lowest BCUT2D eigenvalue weighted by Crippen LogP contribution is -2.14. The molecule has 0 bridgehead atoms. The van der Waals surface area contributed by atoms with E-state index in [0.717, 1.165) is 29.9 Å². The number of nitro groups is 1. The summed E-state index contributed by atoms with van der Waals surface area (Å²) in [5, 5.41) is 23.1. The minimum atomic E-state index is -0.596. The highest BCUT2D eigenvalue weighted by Gasteiger charge is 2.17. The van der Waals surface area contributed by atoms with Crippen molar-refractivity contribution in [2.75, 3.05) is 5.32 Å². The Morgan fingerprint density at radius 1 is 1.37 bits per heavy atom. The molecule has 1 aromatic carbocycles. The summed E-state index contributed by atoms with van der Waals surface area (Å²) in [6, 6.07) is 8.30. The van der Waals surface area contributed by atoms with Crippen molar-refractivity contribution in [3.63, 3.8) is 0 Å². The van der Waals surface area contributed by atoms with Crippen molar-refractivity contribution in [3.05, 3.63) is 62.5 Å². The molecule has 1 aromatic heterocycles. The summed E-state index contributed by atoms with van der Waals surface area (Å²) >= 11 is 0. The number of hydrogen-bond donors (Lipinski definition) is 1. The molecule has 0 aliphatic rings. The van der Waals surface area contributed by atoms with Crippen LogP contribution in [-0.2, 0) is 11.3 Å². The van der Waals surface area contributed by atoms with Crippen molar-refractivity contribution < 1.29 is 9.72 Å². The van der Waals surface area contributed by atoms with Gasteiger partial charge in [0, 0.05) is 24.0 Å². The molecule has 1 amide bonds. The van der Waals surface area contributed by atoms with E-state index in [-0.39, 0.29) is 11.3 Å². The fourth-order valence-electron chi connectivity index (χ4n) is 2.99. The fraction of sp³-hybridized carbons (Fsp3) is 0.300. The van der Waals surface area contributed by atoms with Crippen LogP contribution in [0.2, 0.25) is 0 Å². The van der Waals surface area contributed by atoms with Crippen molar-refractivity contribution in [2.45, 2.75) is 40.7 Å². The number of anilines is 1. The highest BCUT2D eigenvalue weighted by atomic mass is 16.6. The molecule has 27 heavy (non-hydrogen) atoms. The van der Waals surface area contributed by atoms with Gasteiger partial charge in [0.05, 0.1) is 16.2 Å². The second-order valence-electron chi connectivity index (χ2n) is 6.31. The van der Waals surface area contributed by atoms with E-state index in [1.54, 1.807) is 19.1 Å². The molecule has 1 N–H and O–H groups in total. The molecule has 2 rings (SSSR count). The summed E-state index contributed by atoms with van der Waals surface area (Å²) in [5.41, 5.74) is 3.37. The third-order valence-corrected chi connectivity index (χ3v) is 4.48. The van der Waals surface area contributed by atoms with E-state index in [1.807, 2.05) is 26.0 Å². The molecule has 2 aromatic rings. The maximum atomic E-state index is 12.5. The van der Waals surface area contributed by atoms with Crippen LogP contribution in [0.15, 0.2) is 29.8 Å². The first kappa shape index (κ1) is 19.9. The van der Waals surface area contributed by atoms with Gasteiger partial charge in [-0.3, -0.25) is 14.9 Å². The molecule has 0 radical (unpaired) electrons. The number of carbonyl (C=O) groups excluding carboxylic acids is 1. The van der Waals surface area contributed by atoms with E-state index in [0.29, 0.717) is 11.3 Å². The number of nitrogens with one attached hydrogen (secondary N) is 1. The van der Waals surface area contributed by atoms with Crippen LogP contribution in [-0.4, -0.2) is 15.4 Å². The molecule has 0 saturated heterocycles. The lowest BCUT2D eigenvalue weighted by Gasteiger charge is -2.08. The average molecular weight is 366 g/mol. The van der Waals surface area contributed by atoms with Gasteiger partial charge in [-0.25, -0.2) is 0 Å². The zero-order valence-electron chi connectivity index (χ0n) is 15.9. The Kier molecular flexibility index (Phi) is 6.14. The van der Waals surface area contributed by atoms with Crippen LogP contribution in [0.1, 0.15) is 35.9 Å². The van der Waals surface area contributed by atoms with E-state index in [4.69, 9.17) is 0 Å². The Morgan fingerprint density at radius 2 is 2.07 bits per heavy atom. The first-order valence-corrected chi connectivity index (χ1v) is 8.64. The van der Waals surface area contributed by atoms with E-state index in [1.165, 1.54) is 12.1 Å². The van der Waals surface area contributed by atoms with Crippen molar-refractivity contribution >= 4 is 23.4 Å². The minimum Gasteiger partial charge on any atom is -0.349 e. The molecule has 0 aliphatic carbocycles. The van der Waals surface area contributed by atoms with Crippen LogP contribution in [0.5, 0.6) is 0 Å². The van der Waals surface area contributed by atoms with Crippen LogP contribution in [0.25, 0.3) is 6.08 Å². The van der Waals surface area contributed by atoms with Gasteiger partial charge >= 0.3 is 0 Å². The molecular weight excluding hydrogens is 344 g/mol. The van der Waals surface area contributed by atoms with Crippen LogP contribution >= 0.6 is 0 Å². The number of nitriles is 1. The summed E-state index contributed by atoms with van der Waals surface area (Å²) in [4.78, 5) is 23.1. The normalized spacial score (nSPS) is 11.1. The van der Waals surface area contributed by atoms with Crippen molar-refractivity contribution in [3.8, 4) is 6.07 Å². The largest absolute Gasteiger partial charge is 0.349 e. The summed E-state index contributed by atoms with van der Waals surface area (Å²) in [6.07, 6.45) is 2.54. The molecule has 1 heterocycles. The topological polar surface area (TPSA) is 101 Å². The highest BCUT2D eigenvalue weighted by Crippen LogP contribution is 2.26. The zero-order valence-corrected chi connectivity index (χ0v) is 15.9. The molecular formula is C20H22N4O3. The van der Waals surface area contributed by atoms with Crippen LogP contribution < -0.4 is 5.32 Å². The van der Waals surface area contributed by atoms with Crippen molar-refractivity contribution in [1.29, 1.82) is 5.26 Å². The molecule has 0 unspecified atom stereocenters. The predicted molar refractivity (Wildman–Crippen MR) is 104 cm³/mol. The van der Waals surface area contributed by atoms with Gasteiger partial charge in [-0.1, -0.05) is 13.0 Å². The second-order valence-corrected chi connectivity index (χ2v) is 6.31. The van der Waals surface area contributed by atoms with E-state index < -0.39 is 10.8 Å². The number of aryl methyl sites for hydroxylation is 1. The number of rotatable bonds is 6.